The first-order valence-corrected chi connectivity index (χ1v) is 7.25. The highest BCUT2D eigenvalue weighted by Gasteiger charge is 2.44. The van der Waals surface area contributed by atoms with Crippen molar-refractivity contribution in [3.8, 4) is 0 Å². The smallest absolute Gasteiger partial charge is 0.324 e. The van der Waals surface area contributed by atoms with Crippen molar-refractivity contribution in [3.63, 3.8) is 0 Å². The zero-order chi connectivity index (χ0) is 20.5. The van der Waals surface area contributed by atoms with Crippen LogP contribution in [-0.2, 0) is 17.5 Å². The van der Waals surface area contributed by atoms with Gasteiger partial charge in [-0.15, -0.1) is 0 Å². The maximum atomic E-state index is 12.9. The number of rotatable bonds is 5. The van der Waals surface area contributed by atoms with Gasteiger partial charge in [0.25, 0.3) is 5.69 Å². The van der Waals surface area contributed by atoms with Gasteiger partial charge in [0.2, 0.25) is 11.6 Å². The summed E-state index contributed by atoms with van der Waals surface area (Å²) >= 11 is 0. The van der Waals surface area contributed by atoms with Gasteiger partial charge < -0.3 is 5.32 Å². The number of anilines is 1. The van der Waals surface area contributed by atoms with Crippen LogP contribution in [0.5, 0.6) is 0 Å². The SMILES string of the molecule is Cc1cc([N+](=O)[O-])ccc1NC(=O)Cn1nc(C(F)(F)F)c([N+](=O)[O-])c1C. The van der Waals surface area contributed by atoms with E-state index in [0.29, 0.717) is 10.2 Å². The van der Waals surface area contributed by atoms with Gasteiger partial charge in [-0.2, -0.15) is 18.3 Å². The maximum Gasteiger partial charge on any atom is 0.442 e. The molecule has 2 rings (SSSR count). The minimum Gasteiger partial charge on any atom is -0.324 e. The van der Waals surface area contributed by atoms with Gasteiger partial charge in [-0.25, -0.2) is 0 Å². The van der Waals surface area contributed by atoms with Crippen molar-refractivity contribution in [3.05, 3.63) is 55.4 Å². The summed E-state index contributed by atoms with van der Waals surface area (Å²) in [4.78, 5) is 31.9. The molecule has 0 aliphatic carbocycles. The van der Waals surface area contributed by atoms with Gasteiger partial charge in [0.15, 0.2) is 0 Å². The zero-order valence-electron chi connectivity index (χ0n) is 13.9. The molecule has 144 valence electrons. The third-order valence-corrected chi connectivity index (χ3v) is 3.61. The van der Waals surface area contributed by atoms with E-state index in [9.17, 15) is 38.2 Å². The lowest BCUT2D eigenvalue weighted by atomic mass is 10.2. The van der Waals surface area contributed by atoms with E-state index in [1.54, 1.807) is 0 Å². The Kier molecular flexibility index (Phi) is 5.14. The number of alkyl halides is 3. The first kappa shape index (κ1) is 19.8. The van der Waals surface area contributed by atoms with E-state index in [-0.39, 0.29) is 11.4 Å². The van der Waals surface area contributed by atoms with Crippen LogP contribution in [0.15, 0.2) is 18.2 Å². The summed E-state index contributed by atoms with van der Waals surface area (Å²) in [5.41, 5.74) is -2.97. The second-order valence-corrected chi connectivity index (χ2v) is 5.50. The molecule has 0 atom stereocenters. The summed E-state index contributed by atoms with van der Waals surface area (Å²) < 4.78 is 39.3. The molecule has 2 aromatic rings. The van der Waals surface area contributed by atoms with Gasteiger partial charge in [0, 0.05) is 17.8 Å². The number of hydrogen-bond acceptors (Lipinski definition) is 6. The number of hydrogen-bond donors (Lipinski definition) is 1. The number of carbonyl (C=O) groups excluding carboxylic acids is 1. The fourth-order valence-corrected chi connectivity index (χ4v) is 2.33. The van der Waals surface area contributed by atoms with Gasteiger partial charge in [0.1, 0.15) is 12.2 Å². The van der Waals surface area contributed by atoms with Crippen LogP contribution in [0.1, 0.15) is 17.0 Å². The molecule has 0 saturated carbocycles. The number of nitro benzene ring substituents is 1. The fourth-order valence-electron chi connectivity index (χ4n) is 2.33. The predicted molar refractivity (Wildman–Crippen MR) is 85.1 cm³/mol. The summed E-state index contributed by atoms with van der Waals surface area (Å²) in [6.07, 6.45) is -5.05. The Morgan fingerprint density at radius 1 is 1.22 bits per heavy atom. The number of nitro groups is 2. The van der Waals surface area contributed by atoms with Gasteiger partial charge in [0.05, 0.1) is 9.85 Å². The van der Waals surface area contributed by atoms with Crippen LogP contribution in [-0.4, -0.2) is 25.5 Å². The van der Waals surface area contributed by atoms with E-state index in [0.717, 1.165) is 13.0 Å². The normalized spacial score (nSPS) is 11.3. The average molecular weight is 387 g/mol. The maximum absolute atomic E-state index is 12.9. The topological polar surface area (TPSA) is 133 Å². The van der Waals surface area contributed by atoms with Crippen LogP contribution < -0.4 is 5.32 Å². The molecule has 1 heterocycles. The van der Waals surface area contributed by atoms with Crippen LogP contribution >= 0.6 is 0 Å². The molecule has 0 aliphatic heterocycles. The number of benzene rings is 1. The molecule has 27 heavy (non-hydrogen) atoms. The second kappa shape index (κ2) is 7.01. The molecule has 0 radical (unpaired) electrons. The fraction of sp³-hybridized carbons (Fsp3) is 0.286. The highest BCUT2D eigenvalue weighted by molar-refractivity contribution is 5.91. The lowest BCUT2D eigenvalue weighted by molar-refractivity contribution is -0.388. The Balaban J connectivity index is 2.26. The first-order chi connectivity index (χ1) is 12.4. The van der Waals surface area contributed by atoms with Gasteiger partial charge in [-0.3, -0.25) is 29.7 Å². The van der Waals surface area contributed by atoms with Crippen molar-refractivity contribution in [2.45, 2.75) is 26.6 Å². The number of aromatic nitrogens is 2. The zero-order valence-corrected chi connectivity index (χ0v) is 13.9. The molecule has 0 saturated heterocycles. The summed E-state index contributed by atoms with van der Waals surface area (Å²) in [6.45, 7) is 1.83. The van der Waals surface area contributed by atoms with Crippen molar-refractivity contribution in [2.75, 3.05) is 5.32 Å². The Morgan fingerprint density at radius 2 is 1.85 bits per heavy atom. The van der Waals surface area contributed by atoms with E-state index < -0.39 is 45.6 Å². The molecule has 1 aromatic carbocycles. The van der Waals surface area contributed by atoms with Crippen molar-refractivity contribution in [2.24, 2.45) is 0 Å². The number of nitrogens with zero attached hydrogens (tertiary/aromatic N) is 4. The molecule has 0 bridgehead atoms. The molecule has 0 spiro atoms. The highest BCUT2D eigenvalue weighted by Crippen LogP contribution is 2.36. The third-order valence-electron chi connectivity index (χ3n) is 3.61. The second-order valence-electron chi connectivity index (χ2n) is 5.50. The quantitative estimate of drug-likeness (QED) is 0.619. The molecule has 10 nitrogen and oxygen atoms in total. The van der Waals surface area contributed by atoms with E-state index in [4.69, 9.17) is 0 Å². The summed E-state index contributed by atoms with van der Waals surface area (Å²) in [5.74, 6) is -0.804. The monoisotopic (exact) mass is 387 g/mol. The Bertz CT molecular complexity index is 938. The van der Waals surface area contributed by atoms with Crippen molar-refractivity contribution in [1.29, 1.82) is 0 Å². The van der Waals surface area contributed by atoms with E-state index in [2.05, 4.69) is 10.4 Å². The number of non-ortho nitro benzene ring substituents is 1. The molecule has 13 heteroatoms. The van der Waals surface area contributed by atoms with Crippen LogP contribution in [0.4, 0.5) is 30.2 Å². The van der Waals surface area contributed by atoms with E-state index >= 15 is 0 Å². The molecule has 0 unspecified atom stereocenters. The number of aryl methyl sites for hydroxylation is 1. The summed E-state index contributed by atoms with van der Waals surface area (Å²) in [7, 11) is 0. The van der Waals surface area contributed by atoms with Crippen LogP contribution in [0.2, 0.25) is 0 Å². The van der Waals surface area contributed by atoms with Crippen LogP contribution in [0.25, 0.3) is 0 Å². The van der Waals surface area contributed by atoms with Crippen molar-refractivity contribution in [1.82, 2.24) is 9.78 Å². The average Bonchev–Trinajstić information content (AvgIpc) is 2.86. The van der Waals surface area contributed by atoms with E-state index in [1.165, 1.54) is 19.1 Å². The molecular weight excluding hydrogens is 375 g/mol. The van der Waals surface area contributed by atoms with Crippen LogP contribution in [0.3, 0.4) is 0 Å². The minimum atomic E-state index is -5.05. The molecule has 1 N–H and O–H groups in total. The molecular formula is C14H12F3N5O5. The highest BCUT2D eigenvalue weighted by atomic mass is 19.4. The molecule has 0 aliphatic rings. The molecule has 0 fully saturated rings. The largest absolute Gasteiger partial charge is 0.442 e. The molecule has 1 amide bonds. The number of amides is 1. The Labute approximate surface area is 148 Å². The summed E-state index contributed by atoms with van der Waals surface area (Å²) in [6, 6.07) is 3.63. The third kappa shape index (κ3) is 4.19. The van der Waals surface area contributed by atoms with Crippen LogP contribution in [0, 0.1) is 34.1 Å². The standard InChI is InChI=1S/C14H12F3N5O5/c1-7-5-9(21(24)25)3-4-10(7)18-11(23)6-20-8(2)12(22(26)27)13(19-20)14(15,16)17/h3-5H,6H2,1-2H3,(H,18,23). The minimum absolute atomic E-state index is 0.195. The predicted octanol–water partition coefficient (Wildman–Crippen LogP) is 2.97. The van der Waals surface area contributed by atoms with Gasteiger partial charge >= 0.3 is 11.9 Å². The van der Waals surface area contributed by atoms with Gasteiger partial charge in [-0.05, 0) is 25.5 Å². The summed E-state index contributed by atoms with van der Waals surface area (Å²) in [5, 5.41) is 27.1. The number of halogens is 3. The van der Waals surface area contributed by atoms with Crippen molar-refractivity contribution < 1.29 is 27.8 Å². The van der Waals surface area contributed by atoms with Crippen molar-refractivity contribution >= 4 is 23.0 Å². The number of nitrogens with one attached hydrogen (secondary N) is 1. The molecule has 1 aromatic heterocycles. The van der Waals surface area contributed by atoms with Gasteiger partial charge in [-0.1, -0.05) is 0 Å². The Hall–Kier alpha value is -3.51. The Morgan fingerprint density at radius 3 is 2.30 bits per heavy atom. The first-order valence-electron chi connectivity index (χ1n) is 7.25. The van der Waals surface area contributed by atoms with E-state index in [1.807, 2.05) is 0 Å². The number of carbonyl (C=O) groups is 1. The lowest BCUT2D eigenvalue weighted by Crippen LogP contribution is -2.21. The lowest BCUT2D eigenvalue weighted by Gasteiger charge is -2.09.